The fraction of sp³-hybridized carbons (Fsp3) is 0.200. The lowest BCUT2D eigenvalue weighted by Gasteiger charge is -2.15. The average Bonchev–Trinajstić information content (AvgIpc) is 3.14. The molecule has 0 fully saturated rings. The molecular weight excluding hydrogens is 389 g/mol. The second-order valence-electron chi connectivity index (χ2n) is 5.71. The minimum Gasteiger partial charge on any atom is -0.493 e. The van der Waals surface area contributed by atoms with Gasteiger partial charge in [-0.2, -0.15) is 0 Å². The first-order valence-electron chi connectivity index (χ1n) is 8.12. The largest absolute Gasteiger partial charge is 0.493 e. The lowest BCUT2D eigenvalue weighted by Crippen LogP contribution is -2.12. The third-order valence-corrected chi connectivity index (χ3v) is 5.16. The predicted molar refractivity (Wildman–Crippen MR) is 109 cm³/mol. The molecular formula is C20H19Cl2NO2S. The summed E-state index contributed by atoms with van der Waals surface area (Å²) in [4.78, 5) is 1.30. The Bertz CT molecular complexity index is 853. The van der Waals surface area contributed by atoms with Gasteiger partial charge >= 0.3 is 0 Å². The van der Waals surface area contributed by atoms with Gasteiger partial charge in [0.1, 0.15) is 6.61 Å². The lowest BCUT2D eigenvalue weighted by molar-refractivity contribution is 0.284. The molecule has 0 aliphatic rings. The zero-order chi connectivity index (χ0) is 18.4. The number of thiophene rings is 1. The van der Waals surface area contributed by atoms with Crippen molar-refractivity contribution in [1.29, 1.82) is 0 Å². The Morgan fingerprint density at radius 3 is 2.62 bits per heavy atom. The van der Waals surface area contributed by atoms with Gasteiger partial charge in [0, 0.05) is 23.0 Å². The van der Waals surface area contributed by atoms with Crippen LogP contribution in [0.4, 0.5) is 0 Å². The Hall–Kier alpha value is -1.72. The molecule has 0 bridgehead atoms. The molecule has 1 heterocycles. The molecule has 0 unspecified atom stereocenters. The van der Waals surface area contributed by atoms with Crippen LogP contribution in [-0.2, 0) is 19.7 Å². The van der Waals surface area contributed by atoms with Crippen LogP contribution in [0, 0.1) is 0 Å². The molecule has 0 amide bonds. The highest BCUT2D eigenvalue weighted by Crippen LogP contribution is 2.37. The predicted octanol–water partition coefficient (Wildman–Crippen LogP) is 5.93. The number of hydrogen-bond donors (Lipinski definition) is 1. The second-order valence-corrected chi connectivity index (χ2v) is 7.59. The standard InChI is InChI=1S/C20H19Cl2NO2S/c1-24-19-10-15(11-23-12-17-6-3-7-26-17)9-18(22)20(19)25-13-14-4-2-5-16(21)8-14/h2-10,23H,11-13H2,1H3. The number of nitrogens with one attached hydrogen (secondary N) is 1. The highest BCUT2D eigenvalue weighted by Gasteiger charge is 2.12. The van der Waals surface area contributed by atoms with Crippen LogP contribution in [0.1, 0.15) is 16.0 Å². The molecule has 3 rings (SSSR count). The van der Waals surface area contributed by atoms with E-state index in [1.54, 1.807) is 18.4 Å². The van der Waals surface area contributed by atoms with Crippen LogP contribution in [0.3, 0.4) is 0 Å². The molecule has 6 heteroatoms. The van der Waals surface area contributed by atoms with Gasteiger partial charge < -0.3 is 14.8 Å². The minimum absolute atomic E-state index is 0.368. The summed E-state index contributed by atoms with van der Waals surface area (Å²) < 4.78 is 11.4. The van der Waals surface area contributed by atoms with Crippen LogP contribution < -0.4 is 14.8 Å². The Labute approximate surface area is 167 Å². The second kappa shape index (κ2) is 9.28. The van der Waals surface area contributed by atoms with Crippen molar-refractivity contribution in [2.75, 3.05) is 7.11 Å². The topological polar surface area (TPSA) is 30.5 Å². The fourth-order valence-corrected chi connectivity index (χ4v) is 3.72. The van der Waals surface area contributed by atoms with Gasteiger partial charge in [0.15, 0.2) is 11.5 Å². The van der Waals surface area contributed by atoms with Gasteiger partial charge in [0.2, 0.25) is 0 Å². The van der Waals surface area contributed by atoms with Crippen molar-refractivity contribution in [2.24, 2.45) is 0 Å². The molecule has 0 saturated heterocycles. The molecule has 0 atom stereocenters. The summed E-state index contributed by atoms with van der Waals surface area (Å²) in [6.45, 7) is 1.89. The number of hydrogen-bond acceptors (Lipinski definition) is 4. The molecule has 0 saturated carbocycles. The summed E-state index contributed by atoms with van der Waals surface area (Å²) in [6, 6.07) is 15.5. The fourth-order valence-electron chi connectivity index (χ4n) is 2.54. The number of benzene rings is 2. The summed E-state index contributed by atoms with van der Waals surface area (Å²) in [5, 5.41) is 6.68. The molecule has 0 radical (unpaired) electrons. The molecule has 1 N–H and O–H groups in total. The number of methoxy groups -OCH3 is 1. The zero-order valence-electron chi connectivity index (χ0n) is 14.3. The van der Waals surface area contributed by atoms with E-state index in [0.717, 1.165) is 17.7 Å². The Balaban J connectivity index is 1.66. The molecule has 26 heavy (non-hydrogen) atoms. The highest BCUT2D eigenvalue weighted by molar-refractivity contribution is 7.09. The zero-order valence-corrected chi connectivity index (χ0v) is 16.6. The normalized spacial score (nSPS) is 10.7. The summed E-state index contributed by atoms with van der Waals surface area (Å²) in [5.41, 5.74) is 2.01. The summed E-state index contributed by atoms with van der Waals surface area (Å²) in [7, 11) is 1.61. The molecule has 0 aliphatic carbocycles. The third-order valence-electron chi connectivity index (χ3n) is 3.77. The molecule has 136 valence electrons. The van der Waals surface area contributed by atoms with Gasteiger partial charge in [-0.15, -0.1) is 11.3 Å². The van der Waals surface area contributed by atoms with E-state index in [1.807, 2.05) is 42.5 Å². The van der Waals surface area contributed by atoms with E-state index in [-0.39, 0.29) is 0 Å². The quantitative estimate of drug-likeness (QED) is 0.501. The minimum atomic E-state index is 0.368. The lowest BCUT2D eigenvalue weighted by atomic mass is 10.2. The maximum absolute atomic E-state index is 6.43. The Morgan fingerprint density at radius 1 is 1.00 bits per heavy atom. The van der Waals surface area contributed by atoms with E-state index in [4.69, 9.17) is 32.7 Å². The summed E-state index contributed by atoms with van der Waals surface area (Å²) in [5.74, 6) is 1.16. The van der Waals surface area contributed by atoms with Crippen molar-refractivity contribution in [3.63, 3.8) is 0 Å². The first-order valence-corrected chi connectivity index (χ1v) is 9.76. The van der Waals surface area contributed by atoms with Crippen LogP contribution >= 0.6 is 34.5 Å². The van der Waals surface area contributed by atoms with E-state index in [9.17, 15) is 0 Å². The van der Waals surface area contributed by atoms with Crippen LogP contribution in [0.15, 0.2) is 53.9 Å². The van der Waals surface area contributed by atoms with E-state index in [0.29, 0.717) is 34.7 Å². The molecule has 0 spiro atoms. The van der Waals surface area contributed by atoms with Gasteiger partial charge in [-0.25, -0.2) is 0 Å². The Kier molecular flexibility index (Phi) is 6.80. The summed E-state index contributed by atoms with van der Waals surface area (Å²) in [6.07, 6.45) is 0. The monoisotopic (exact) mass is 407 g/mol. The third kappa shape index (κ3) is 5.15. The van der Waals surface area contributed by atoms with E-state index in [2.05, 4.69) is 16.8 Å². The number of halogens is 2. The van der Waals surface area contributed by atoms with Crippen molar-refractivity contribution in [1.82, 2.24) is 5.32 Å². The maximum Gasteiger partial charge on any atom is 0.180 e. The first kappa shape index (κ1) is 19.1. The van der Waals surface area contributed by atoms with Gasteiger partial charge in [-0.1, -0.05) is 41.4 Å². The maximum atomic E-state index is 6.43. The van der Waals surface area contributed by atoms with Crippen molar-refractivity contribution in [3.8, 4) is 11.5 Å². The van der Waals surface area contributed by atoms with E-state index < -0.39 is 0 Å². The molecule has 2 aromatic carbocycles. The first-order chi connectivity index (χ1) is 12.7. The van der Waals surface area contributed by atoms with Crippen LogP contribution in [-0.4, -0.2) is 7.11 Å². The van der Waals surface area contributed by atoms with Crippen molar-refractivity contribution < 1.29 is 9.47 Å². The van der Waals surface area contributed by atoms with E-state index >= 15 is 0 Å². The van der Waals surface area contributed by atoms with Gasteiger partial charge in [-0.3, -0.25) is 0 Å². The van der Waals surface area contributed by atoms with E-state index in [1.165, 1.54) is 4.88 Å². The Morgan fingerprint density at radius 2 is 1.88 bits per heavy atom. The van der Waals surface area contributed by atoms with Crippen LogP contribution in [0.2, 0.25) is 10.0 Å². The highest BCUT2D eigenvalue weighted by atomic mass is 35.5. The molecule has 3 aromatic rings. The SMILES string of the molecule is COc1cc(CNCc2cccs2)cc(Cl)c1OCc1cccc(Cl)c1. The number of ether oxygens (including phenoxy) is 2. The summed E-state index contributed by atoms with van der Waals surface area (Å²) >= 11 is 14.2. The smallest absolute Gasteiger partial charge is 0.180 e. The van der Waals surface area contributed by atoms with Gasteiger partial charge in [0.05, 0.1) is 12.1 Å². The molecule has 0 aliphatic heterocycles. The number of rotatable bonds is 8. The van der Waals surface area contributed by atoms with Crippen molar-refractivity contribution in [2.45, 2.75) is 19.7 Å². The van der Waals surface area contributed by atoms with Crippen LogP contribution in [0.25, 0.3) is 0 Å². The molecule has 3 nitrogen and oxygen atoms in total. The van der Waals surface area contributed by atoms with Crippen LogP contribution in [0.5, 0.6) is 11.5 Å². The average molecular weight is 408 g/mol. The van der Waals surface area contributed by atoms with Crippen molar-refractivity contribution in [3.05, 3.63) is 80.0 Å². The van der Waals surface area contributed by atoms with Gasteiger partial charge in [-0.05, 0) is 46.8 Å². The molecule has 1 aromatic heterocycles. The van der Waals surface area contributed by atoms with Crippen molar-refractivity contribution >= 4 is 34.5 Å². The van der Waals surface area contributed by atoms with Gasteiger partial charge in [0.25, 0.3) is 0 Å².